The van der Waals surface area contributed by atoms with E-state index in [1.54, 1.807) is 0 Å². The number of carbonyl (C=O) groups excluding carboxylic acids is 2. The van der Waals surface area contributed by atoms with Gasteiger partial charge in [0.25, 0.3) is 0 Å². The van der Waals surface area contributed by atoms with Gasteiger partial charge in [0.1, 0.15) is 19.8 Å². The summed E-state index contributed by atoms with van der Waals surface area (Å²) in [4.78, 5) is 35.1. The fourth-order valence-electron chi connectivity index (χ4n) is 5.18. The monoisotopic (exact) mass is 705 g/mol. The highest BCUT2D eigenvalue weighted by Gasteiger charge is 2.27. The first kappa shape index (κ1) is 46.8. The Bertz CT molecular complexity index is 845. The Morgan fingerprint density at radius 3 is 1.54 bits per heavy atom. The van der Waals surface area contributed by atoms with Crippen molar-refractivity contribution in [3.8, 4) is 0 Å². The summed E-state index contributed by atoms with van der Waals surface area (Å²) in [6.45, 7) is 4.38. The Labute approximate surface area is 295 Å². The van der Waals surface area contributed by atoms with E-state index in [1.807, 2.05) is 21.1 Å². The van der Waals surface area contributed by atoms with Crippen LogP contribution in [0.5, 0.6) is 0 Å². The van der Waals surface area contributed by atoms with E-state index in [1.165, 1.54) is 83.5 Å². The van der Waals surface area contributed by atoms with Crippen molar-refractivity contribution in [2.75, 3.05) is 47.5 Å². The fraction of sp³-hybridized carbons (Fsp3) is 0.895. The zero-order valence-electron chi connectivity index (χ0n) is 31.7. The highest BCUT2D eigenvalue weighted by molar-refractivity contribution is 7.47. The first-order valence-corrected chi connectivity index (χ1v) is 20.9. The molecule has 0 fully saturated rings. The number of rotatable bonds is 35. The molecule has 48 heavy (non-hydrogen) atoms. The third kappa shape index (κ3) is 34.6. The van der Waals surface area contributed by atoms with Crippen molar-refractivity contribution in [2.45, 2.75) is 174 Å². The number of allylic oxidation sites excluding steroid dienone is 2. The molecule has 0 aromatic rings. The van der Waals surface area contributed by atoms with Crippen molar-refractivity contribution < 1.29 is 42.1 Å². The van der Waals surface area contributed by atoms with Crippen LogP contribution in [0.3, 0.4) is 0 Å². The topological polar surface area (TPSA) is 108 Å². The van der Waals surface area contributed by atoms with Gasteiger partial charge < -0.3 is 18.9 Å². The van der Waals surface area contributed by atoms with Crippen LogP contribution in [0.15, 0.2) is 12.2 Å². The second kappa shape index (κ2) is 31.7. The Morgan fingerprint density at radius 2 is 1.06 bits per heavy atom. The number of unbranched alkanes of at least 4 members (excludes halogenated alkanes) is 19. The van der Waals surface area contributed by atoms with Crippen molar-refractivity contribution >= 4 is 19.8 Å². The smallest absolute Gasteiger partial charge is 0.462 e. The number of carbonyl (C=O) groups is 2. The van der Waals surface area contributed by atoms with Gasteiger partial charge in [0.05, 0.1) is 27.7 Å². The van der Waals surface area contributed by atoms with Gasteiger partial charge in [-0.15, -0.1) is 0 Å². The molecule has 0 heterocycles. The molecule has 0 aliphatic rings. The molecule has 2 atom stereocenters. The second-order valence-corrected chi connectivity index (χ2v) is 15.8. The van der Waals surface area contributed by atoms with Gasteiger partial charge in [-0.25, -0.2) is 4.57 Å². The molecular formula is C38H75NO8P+. The molecule has 0 spiro atoms. The van der Waals surface area contributed by atoms with Crippen molar-refractivity contribution in [1.29, 1.82) is 0 Å². The number of ether oxygens (including phenoxy) is 2. The van der Waals surface area contributed by atoms with E-state index in [0.717, 1.165) is 51.4 Å². The normalized spacial score (nSPS) is 13.9. The molecule has 1 N–H and O–H groups in total. The lowest BCUT2D eigenvalue weighted by molar-refractivity contribution is -0.870. The van der Waals surface area contributed by atoms with Gasteiger partial charge in [-0.05, 0) is 38.5 Å². The van der Waals surface area contributed by atoms with Crippen molar-refractivity contribution in [3.05, 3.63) is 12.2 Å². The average molecular weight is 705 g/mol. The highest BCUT2D eigenvalue weighted by Crippen LogP contribution is 2.43. The van der Waals surface area contributed by atoms with Crippen LogP contribution in [0, 0.1) is 0 Å². The minimum absolute atomic E-state index is 0.0327. The number of quaternary nitrogens is 1. The Balaban J connectivity index is 4.42. The van der Waals surface area contributed by atoms with Gasteiger partial charge in [0.15, 0.2) is 6.10 Å². The lowest BCUT2D eigenvalue weighted by Gasteiger charge is -2.24. The van der Waals surface area contributed by atoms with Gasteiger partial charge in [-0.1, -0.05) is 129 Å². The van der Waals surface area contributed by atoms with Crippen LogP contribution in [0.25, 0.3) is 0 Å². The molecular weight excluding hydrogens is 629 g/mol. The maximum Gasteiger partial charge on any atom is 0.472 e. The van der Waals surface area contributed by atoms with Gasteiger partial charge >= 0.3 is 19.8 Å². The quantitative estimate of drug-likeness (QED) is 0.0228. The van der Waals surface area contributed by atoms with E-state index in [2.05, 4.69) is 26.0 Å². The van der Waals surface area contributed by atoms with Crippen molar-refractivity contribution in [1.82, 2.24) is 0 Å². The van der Waals surface area contributed by atoms with E-state index in [-0.39, 0.29) is 25.6 Å². The van der Waals surface area contributed by atoms with Gasteiger partial charge in [-0.2, -0.15) is 0 Å². The SMILES string of the molecule is CCCCCCCC/C=C\CCCCCCCC(=O)OC(COC(=O)CCCCCCCCCCC)COP(=O)(O)OCC[N+](C)(C)C. The molecule has 0 saturated heterocycles. The van der Waals surface area contributed by atoms with Crippen molar-refractivity contribution in [3.63, 3.8) is 0 Å². The summed E-state index contributed by atoms with van der Waals surface area (Å²) in [5.74, 6) is -0.808. The Morgan fingerprint density at radius 1 is 0.625 bits per heavy atom. The summed E-state index contributed by atoms with van der Waals surface area (Å²) >= 11 is 0. The molecule has 0 aromatic carbocycles. The Kier molecular flexibility index (Phi) is 30.9. The fourth-order valence-corrected chi connectivity index (χ4v) is 5.93. The van der Waals surface area contributed by atoms with Gasteiger partial charge in [0.2, 0.25) is 0 Å². The maximum absolute atomic E-state index is 12.6. The predicted molar refractivity (Wildman–Crippen MR) is 197 cm³/mol. The number of hydrogen-bond acceptors (Lipinski definition) is 7. The highest BCUT2D eigenvalue weighted by atomic mass is 31.2. The number of nitrogens with zero attached hydrogens (tertiary/aromatic N) is 1. The summed E-state index contributed by atoms with van der Waals surface area (Å²) in [5, 5.41) is 0. The van der Waals surface area contributed by atoms with E-state index >= 15 is 0 Å². The Hall–Kier alpha value is -1.25. The summed E-state index contributed by atoms with van der Waals surface area (Å²) < 4.78 is 34.1. The number of phosphoric ester groups is 1. The molecule has 0 rings (SSSR count). The molecule has 284 valence electrons. The lowest BCUT2D eigenvalue weighted by Crippen LogP contribution is -2.37. The lowest BCUT2D eigenvalue weighted by atomic mass is 10.1. The van der Waals surface area contributed by atoms with Crippen LogP contribution < -0.4 is 0 Å². The zero-order chi connectivity index (χ0) is 35.8. The van der Waals surface area contributed by atoms with Crippen LogP contribution in [0.1, 0.15) is 168 Å². The number of hydrogen-bond donors (Lipinski definition) is 1. The molecule has 10 heteroatoms. The molecule has 0 aliphatic heterocycles. The molecule has 0 bridgehead atoms. The molecule has 0 radical (unpaired) electrons. The molecule has 2 unspecified atom stereocenters. The molecule has 9 nitrogen and oxygen atoms in total. The third-order valence-corrected chi connectivity index (χ3v) is 9.28. The first-order valence-electron chi connectivity index (χ1n) is 19.4. The van der Waals surface area contributed by atoms with Gasteiger partial charge in [0, 0.05) is 12.8 Å². The largest absolute Gasteiger partial charge is 0.472 e. The second-order valence-electron chi connectivity index (χ2n) is 14.3. The predicted octanol–water partition coefficient (Wildman–Crippen LogP) is 10.2. The van der Waals surface area contributed by atoms with Gasteiger partial charge in [-0.3, -0.25) is 18.6 Å². The van der Waals surface area contributed by atoms with Crippen LogP contribution in [0.4, 0.5) is 0 Å². The number of esters is 2. The van der Waals surface area contributed by atoms with E-state index < -0.39 is 26.5 Å². The maximum atomic E-state index is 12.6. The molecule has 0 aromatic heterocycles. The minimum Gasteiger partial charge on any atom is -0.462 e. The van der Waals surface area contributed by atoms with Crippen LogP contribution in [-0.2, 0) is 32.7 Å². The van der Waals surface area contributed by atoms with Crippen LogP contribution in [-0.4, -0.2) is 74.9 Å². The molecule has 0 saturated carbocycles. The van der Waals surface area contributed by atoms with E-state index in [4.69, 9.17) is 18.5 Å². The molecule has 0 aliphatic carbocycles. The molecule has 0 amide bonds. The summed E-state index contributed by atoms with van der Waals surface area (Å²) in [6.07, 6.45) is 29.7. The summed E-state index contributed by atoms with van der Waals surface area (Å²) in [7, 11) is 1.48. The number of likely N-dealkylation sites (N-methyl/N-ethyl adjacent to an activating group) is 1. The zero-order valence-corrected chi connectivity index (χ0v) is 32.6. The standard InChI is InChI=1S/C38H74NO8P/c1-6-8-10-12-14-16-17-18-19-20-21-23-25-27-29-31-38(41)47-36(35-46-48(42,43)45-33-32-39(3,4)5)34-44-37(40)30-28-26-24-22-15-13-11-9-7-2/h18-19,36H,6-17,20-35H2,1-5H3/p+1/b19-18-. The van der Waals surface area contributed by atoms with Crippen LogP contribution >= 0.6 is 7.82 Å². The number of phosphoric acid groups is 1. The summed E-state index contributed by atoms with van der Waals surface area (Å²) in [5.41, 5.74) is 0. The summed E-state index contributed by atoms with van der Waals surface area (Å²) in [6, 6.07) is 0. The van der Waals surface area contributed by atoms with Crippen LogP contribution in [0.2, 0.25) is 0 Å². The van der Waals surface area contributed by atoms with Crippen molar-refractivity contribution in [2.24, 2.45) is 0 Å². The minimum atomic E-state index is -4.36. The average Bonchev–Trinajstić information content (AvgIpc) is 3.02. The van der Waals surface area contributed by atoms with E-state index in [9.17, 15) is 19.0 Å². The van der Waals surface area contributed by atoms with E-state index in [0.29, 0.717) is 23.9 Å². The third-order valence-electron chi connectivity index (χ3n) is 8.30. The first-order chi connectivity index (χ1) is 23.0.